The molecular formula is C19H21NO2. The number of carbonyl (C=O) groups is 1. The number of anilines is 1. The first kappa shape index (κ1) is 14.6. The minimum atomic E-state index is -0.504. The van der Waals surface area contributed by atoms with Crippen LogP contribution in [0.15, 0.2) is 54.6 Å². The molecular weight excluding hydrogens is 274 g/mol. The molecule has 3 nitrogen and oxygen atoms in total. The molecule has 22 heavy (non-hydrogen) atoms. The van der Waals surface area contributed by atoms with Crippen molar-refractivity contribution in [3.8, 4) is 0 Å². The second-order valence-electron chi connectivity index (χ2n) is 6.61. The van der Waals surface area contributed by atoms with Gasteiger partial charge in [-0.2, -0.15) is 0 Å². The maximum Gasteiger partial charge on any atom is 0.415 e. The van der Waals surface area contributed by atoms with E-state index in [1.54, 1.807) is 4.90 Å². The lowest BCUT2D eigenvalue weighted by Crippen LogP contribution is -2.37. The van der Waals surface area contributed by atoms with Crippen molar-refractivity contribution in [3.05, 3.63) is 65.7 Å². The normalized spacial score (nSPS) is 17.2. The summed E-state index contributed by atoms with van der Waals surface area (Å²) in [5.41, 5.74) is 2.76. The Morgan fingerprint density at radius 1 is 1.05 bits per heavy atom. The van der Waals surface area contributed by atoms with Crippen molar-refractivity contribution in [1.29, 1.82) is 0 Å². The van der Waals surface area contributed by atoms with Gasteiger partial charge in [-0.15, -0.1) is 0 Å². The zero-order valence-electron chi connectivity index (χ0n) is 13.2. The van der Waals surface area contributed by atoms with Gasteiger partial charge in [-0.25, -0.2) is 4.79 Å². The molecule has 0 bridgehead atoms. The van der Waals surface area contributed by atoms with Gasteiger partial charge in [-0.05, 0) is 44.4 Å². The van der Waals surface area contributed by atoms with Gasteiger partial charge in [0.1, 0.15) is 5.60 Å². The van der Waals surface area contributed by atoms with Crippen LogP contribution < -0.4 is 4.90 Å². The quantitative estimate of drug-likeness (QED) is 0.761. The zero-order chi connectivity index (χ0) is 15.7. The highest BCUT2D eigenvalue weighted by atomic mass is 16.6. The summed E-state index contributed by atoms with van der Waals surface area (Å²) >= 11 is 0. The van der Waals surface area contributed by atoms with Gasteiger partial charge in [0.05, 0.1) is 11.7 Å². The number of ether oxygens (including phenoxy) is 1. The van der Waals surface area contributed by atoms with Crippen LogP contribution in [0.2, 0.25) is 0 Å². The molecule has 1 heterocycles. The van der Waals surface area contributed by atoms with E-state index in [1.807, 2.05) is 57.2 Å². The van der Waals surface area contributed by atoms with E-state index in [2.05, 4.69) is 18.2 Å². The molecule has 3 heteroatoms. The van der Waals surface area contributed by atoms with Crippen molar-refractivity contribution < 1.29 is 9.53 Å². The molecule has 1 atom stereocenters. The number of fused-ring (bicyclic) bond motifs is 1. The zero-order valence-corrected chi connectivity index (χ0v) is 13.2. The van der Waals surface area contributed by atoms with Crippen molar-refractivity contribution in [2.24, 2.45) is 0 Å². The summed E-state index contributed by atoms with van der Waals surface area (Å²) in [6.07, 6.45) is 0.533. The van der Waals surface area contributed by atoms with Crippen LogP contribution in [-0.4, -0.2) is 11.7 Å². The molecule has 0 spiro atoms. The van der Waals surface area contributed by atoms with Crippen molar-refractivity contribution in [3.63, 3.8) is 0 Å². The van der Waals surface area contributed by atoms with E-state index < -0.39 is 5.60 Å². The van der Waals surface area contributed by atoms with Gasteiger partial charge in [-0.3, -0.25) is 4.90 Å². The highest BCUT2D eigenvalue weighted by Gasteiger charge is 2.37. The van der Waals surface area contributed by atoms with E-state index in [-0.39, 0.29) is 12.1 Å². The van der Waals surface area contributed by atoms with Crippen molar-refractivity contribution in [1.82, 2.24) is 0 Å². The second-order valence-corrected chi connectivity index (χ2v) is 6.61. The lowest BCUT2D eigenvalue weighted by Gasteiger charge is -2.29. The van der Waals surface area contributed by atoms with E-state index in [9.17, 15) is 4.79 Å². The van der Waals surface area contributed by atoms with Gasteiger partial charge in [0.25, 0.3) is 0 Å². The number of hydrogen-bond donors (Lipinski definition) is 0. The molecule has 0 saturated heterocycles. The van der Waals surface area contributed by atoms with Crippen LogP contribution in [0.3, 0.4) is 0 Å². The molecule has 0 saturated carbocycles. The molecule has 0 N–H and O–H groups in total. The average Bonchev–Trinajstić information content (AvgIpc) is 2.86. The Morgan fingerprint density at radius 2 is 1.68 bits per heavy atom. The molecule has 1 aliphatic heterocycles. The number of carbonyl (C=O) groups excluding carboxylic acids is 1. The number of hydrogen-bond acceptors (Lipinski definition) is 2. The molecule has 0 aliphatic carbocycles. The summed E-state index contributed by atoms with van der Waals surface area (Å²) in [7, 11) is 0. The lowest BCUT2D eigenvalue weighted by atomic mass is 10.0. The Hall–Kier alpha value is -2.29. The molecule has 0 fully saturated rings. The summed E-state index contributed by atoms with van der Waals surface area (Å²) in [4.78, 5) is 14.5. The lowest BCUT2D eigenvalue weighted by molar-refractivity contribution is 0.0569. The topological polar surface area (TPSA) is 29.5 Å². The SMILES string of the molecule is CC(C)(C)OC(=O)N1c2ccccc2C[C@@H]1c1ccccc1. The summed E-state index contributed by atoms with van der Waals surface area (Å²) in [5.74, 6) is 0. The predicted octanol–water partition coefficient (Wildman–Crippen LogP) is 4.73. The van der Waals surface area contributed by atoms with Gasteiger partial charge in [0.15, 0.2) is 0 Å². The first-order valence-corrected chi connectivity index (χ1v) is 7.61. The van der Waals surface area contributed by atoms with Crippen LogP contribution in [0, 0.1) is 0 Å². The number of benzene rings is 2. The molecule has 0 unspecified atom stereocenters. The van der Waals surface area contributed by atoms with Crippen LogP contribution >= 0.6 is 0 Å². The monoisotopic (exact) mass is 295 g/mol. The Balaban J connectivity index is 1.99. The first-order valence-electron chi connectivity index (χ1n) is 7.61. The molecule has 0 aromatic heterocycles. The number of nitrogens with zero attached hydrogens (tertiary/aromatic N) is 1. The van der Waals surface area contributed by atoms with Crippen molar-refractivity contribution in [2.45, 2.75) is 38.8 Å². The summed E-state index contributed by atoms with van der Waals surface area (Å²) in [6.45, 7) is 5.68. The fourth-order valence-corrected chi connectivity index (χ4v) is 2.86. The summed E-state index contributed by atoms with van der Waals surface area (Å²) in [6, 6.07) is 18.2. The van der Waals surface area contributed by atoms with Gasteiger partial charge in [-0.1, -0.05) is 48.5 Å². The maximum absolute atomic E-state index is 12.7. The molecule has 0 radical (unpaired) electrons. The van der Waals surface area contributed by atoms with Crippen LogP contribution in [0.1, 0.15) is 37.9 Å². The molecule has 2 aromatic carbocycles. The Labute approximate surface area is 131 Å². The van der Waals surface area contributed by atoms with E-state index in [0.29, 0.717) is 0 Å². The number of para-hydroxylation sites is 1. The van der Waals surface area contributed by atoms with Crippen LogP contribution in [0.4, 0.5) is 10.5 Å². The van der Waals surface area contributed by atoms with Crippen LogP contribution in [0.25, 0.3) is 0 Å². The van der Waals surface area contributed by atoms with E-state index in [4.69, 9.17) is 4.74 Å². The van der Waals surface area contributed by atoms with Crippen molar-refractivity contribution in [2.75, 3.05) is 4.90 Å². The Morgan fingerprint density at radius 3 is 2.36 bits per heavy atom. The van der Waals surface area contributed by atoms with Crippen LogP contribution in [-0.2, 0) is 11.2 Å². The van der Waals surface area contributed by atoms with Gasteiger partial charge < -0.3 is 4.74 Å². The van der Waals surface area contributed by atoms with Gasteiger partial charge in [0.2, 0.25) is 0 Å². The molecule has 114 valence electrons. The van der Waals surface area contributed by atoms with Crippen LogP contribution in [0.5, 0.6) is 0 Å². The third-order valence-electron chi connectivity index (χ3n) is 3.75. The molecule has 2 aromatic rings. The van der Waals surface area contributed by atoms with E-state index >= 15 is 0 Å². The van der Waals surface area contributed by atoms with Crippen molar-refractivity contribution >= 4 is 11.8 Å². The smallest absolute Gasteiger partial charge is 0.415 e. The molecule has 1 aliphatic rings. The Bertz CT molecular complexity index is 673. The Kier molecular flexibility index (Phi) is 3.65. The average molecular weight is 295 g/mol. The highest BCUT2D eigenvalue weighted by Crippen LogP contribution is 2.41. The number of rotatable bonds is 1. The first-order chi connectivity index (χ1) is 10.5. The van der Waals surface area contributed by atoms with Gasteiger partial charge in [0, 0.05) is 0 Å². The predicted molar refractivity (Wildman–Crippen MR) is 88.0 cm³/mol. The van der Waals surface area contributed by atoms with E-state index in [1.165, 1.54) is 5.56 Å². The largest absolute Gasteiger partial charge is 0.443 e. The maximum atomic E-state index is 12.7. The summed E-state index contributed by atoms with van der Waals surface area (Å²) < 4.78 is 5.62. The second kappa shape index (κ2) is 5.48. The number of amides is 1. The molecule has 3 rings (SSSR count). The van der Waals surface area contributed by atoms with Gasteiger partial charge >= 0.3 is 6.09 Å². The fourth-order valence-electron chi connectivity index (χ4n) is 2.86. The molecule has 1 amide bonds. The standard InChI is InChI=1S/C19H21NO2/c1-19(2,3)22-18(21)20-16-12-8-7-11-15(16)13-17(20)14-9-5-4-6-10-14/h4-12,17H,13H2,1-3H3/t17-/m1/s1. The van der Waals surface area contributed by atoms with E-state index in [0.717, 1.165) is 17.7 Å². The fraction of sp³-hybridized carbons (Fsp3) is 0.316. The third kappa shape index (κ3) is 2.84. The third-order valence-corrected chi connectivity index (χ3v) is 3.75. The minimum Gasteiger partial charge on any atom is -0.443 e. The minimum absolute atomic E-state index is 0.00606. The summed E-state index contributed by atoms with van der Waals surface area (Å²) in [5, 5.41) is 0. The highest BCUT2D eigenvalue weighted by molar-refractivity contribution is 5.91.